The van der Waals surface area contributed by atoms with E-state index in [0.29, 0.717) is 17.5 Å². The summed E-state index contributed by atoms with van der Waals surface area (Å²) in [6.45, 7) is 10.7. The van der Waals surface area contributed by atoms with Gasteiger partial charge in [-0.2, -0.15) is 0 Å². The normalized spacial score (nSPS) is 13.4. The largest absolute Gasteiger partial charge is 0.456 e. The van der Waals surface area contributed by atoms with Crippen molar-refractivity contribution in [3.8, 4) is 67.5 Å². The van der Waals surface area contributed by atoms with Crippen LogP contribution < -0.4 is 0 Å². The van der Waals surface area contributed by atoms with Gasteiger partial charge in [0.05, 0.1) is 0 Å². The molecule has 1 aliphatic rings. The Bertz CT molecular complexity index is 3810. The van der Waals surface area contributed by atoms with E-state index >= 15 is 0 Å². The van der Waals surface area contributed by atoms with Gasteiger partial charge in [-0.15, -0.1) is 0 Å². The minimum absolute atomic E-state index is 0.101. The van der Waals surface area contributed by atoms with E-state index < -0.39 is 0 Å². The molecule has 1 aliphatic carbocycles. The van der Waals surface area contributed by atoms with Crippen LogP contribution in [0, 0.1) is 0 Å². The Morgan fingerprint density at radius 2 is 0.955 bits per heavy atom. The molecule has 0 fully saturated rings. The van der Waals surface area contributed by atoms with Crippen LogP contribution in [0.15, 0.2) is 215 Å². The molecule has 0 bridgehead atoms. The SMILES string of the molecule is C=C/C=C\C1=C(C)c2ccc(-c3ccc(-c4ccc5oc6cccc(-c7nc(-c8ccccc8-c8ccccc8)nc(-c8cccc9oc%10ccccc%10c89)n7)c6c5c4)cc3)cc2C1(C)C. The smallest absolute Gasteiger partial charge is 0.164 e. The van der Waals surface area contributed by atoms with Crippen molar-refractivity contribution < 1.29 is 8.83 Å². The second kappa shape index (κ2) is 15.4. The molecular weight excluding hydrogens is 807 g/mol. The second-order valence-electron chi connectivity index (χ2n) is 17.6. The van der Waals surface area contributed by atoms with Crippen LogP contribution in [0.5, 0.6) is 0 Å². The van der Waals surface area contributed by atoms with Gasteiger partial charge in [-0.1, -0.05) is 178 Å². The van der Waals surface area contributed by atoms with E-state index in [9.17, 15) is 0 Å². The molecule has 0 atom stereocenters. The highest BCUT2D eigenvalue weighted by Crippen LogP contribution is 2.48. The van der Waals surface area contributed by atoms with Crippen LogP contribution >= 0.6 is 0 Å². The lowest BCUT2D eigenvalue weighted by Gasteiger charge is -2.23. The predicted octanol–water partition coefficient (Wildman–Crippen LogP) is 16.5. The molecule has 0 amide bonds. The van der Waals surface area contributed by atoms with Crippen molar-refractivity contribution in [3.63, 3.8) is 0 Å². The van der Waals surface area contributed by atoms with Crippen molar-refractivity contribution in [1.29, 1.82) is 0 Å². The maximum absolute atomic E-state index is 6.58. The molecule has 66 heavy (non-hydrogen) atoms. The molecule has 5 heteroatoms. The van der Waals surface area contributed by atoms with E-state index in [1.807, 2.05) is 66.7 Å². The number of fused-ring (bicyclic) bond motifs is 7. The number of hydrogen-bond donors (Lipinski definition) is 0. The first kappa shape index (κ1) is 39.2. The minimum atomic E-state index is -0.101. The zero-order valence-electron chi connectivity index (χ0n) is 36.8. The Kier molecular flexibility index (Phi) is 9.14. The van der Waals surface area contributed by atoms with Crippen molar-refractivity contribution in [2.45, 2.75) is 26.2 Å². The molecule has 12 rings (SSSR count). The van der Waals surface area contributed by atoms with E-state index in [1.54, 1.807) is 0 Å². The van der Waals surface area contributed by atoms with Crippen LogP contribution in [0.25, 0.3) is 117 Å². The van der Waals surface area contributed by atoms with Gasteiger partial charge in [0.15, 0.2) is 17.5 Å². The molecule has 0 unspecified atom stereocenters. The fourth-order valence-corrected chi connectivity index (χ4v) is 10.1. The van der Waals surface area contributed by atoms with Crippen LogP contribution in [0.4, 0.5) is 0 Å². The zero-order valence-corrected chi connectivity index (χ0v) is 36.8. The Balaban J connectivity index is 0.987. The summed E-state index contributed by atoms with van der Waals surface area (Å²) >= 11 is 0. The molecule has 0 saturated carbocycles. The van der Waals surface area contributed by atoms with Gasteiger partial charge < -0.3 is 8.83 Å². The Morgan fingerprint density at radius 3 is 1.64 bits per heavy atom. The molecule has 0 N–H and O–H groups in total. The fraction of sp³-hybridized carbons (Fsp3) is 0.0656. The topological polar surface area (TPSA) is 65.0 Å². The third-order valence-electron chi connectivity index (χ3n) is 13.4. The highest BCUT2D eigenvalue weighted by atomic mass is 16.3. The Hall–Kier alpha value is -8.41. The second-order valence-corrected chi connectivity index (χ2v) is 17.6. The average Bonchev–Trinajstić information content (AvgIpc) is 4.00. The molecule has 5 nitrogen and oxygen atoms in total. The molecule has 314 valence electrons. The first-order chi connectivity index (χ1) is 32.3. The quantitative estimate of drug-likeness (QED) is 0.143. The summed E-state index contributed by atoms with van der Waals surface area (Å²) in [5.41, 5.74) is 17.7. The summed E-state index contributed by atoms with van der Waals surface area (Å²) in [6.07, 6.45) is 6.09. The number of para-hydroxylation sites is 1. The van der Waals surface area contributed by atoms with Gasteiger partial charge in [0, 0.05) is 43.7 Å². The predicted molar refractivity (Wildman–Crippen MR) is 272 cm³/mol. The molecule has 3 heterocycles. The van der Waals surface area contributed by atoms with Crippen molar-refractivity contribution in [2.75, 3.05) is 0 Å². The zero-order chi connectivity index (χ0) is 44.5. The number of rotatable bonds is 8. The average molecular weight is 850 g/mol. The summed E-state index contributed by atoms with van der Waals surface area (Å²) in [7, 11) is 0. The summed E-state index contributed by atoms with van der Waals surface area (Å²) in [5.74, 6) is 1.69. The van der Waals surface area contributed by atoms with Gasteiger partial charge in [-0.25, -0.2) is 15.0 Å². The highest BCUT2D eigenvalue weighted by molar-refractivity contribution is 6.14. The van der Waals surface area contributed by atoms with Crippen molar-refractivity contribution in [3.05, 3.63) is 217 Å². The minimum Gasteiger partial charge on any atom is -0.456 e. The van der Waals surface area contributed by atoms with E-state index in [2.05, 4.69) is 155 Å². The first-order valence-electron chi connectivity index (χ1n) is 22.4. The summed E-state index contributed by atoms with van der Waals surface area (Å²) in [5, 5.41) is 3.91. The Morgan fingerprint density at radius 1 is 0.439 bits per heavy atom. The molecular formula is C61H43N3O2. The van der Waals surface area contributed by atoms with Gasteiger partial charge in [0.2, 0.25) is 0 Å². The molecule has 3 aromatic heterocycles. The molecule has 8 aromatic carbocycles. The van der Waals surface area contributed by atoms with Crippen LogP contribution in [0.2, 0.25) is 0 Å². The summed E-state index contributed by atoms with van der Waals surface area (Å²) < 4.78 is 12.9. The standard InChI is InChI=1S/C61H43N3O2/c1-5-6-23-50-37(2)43-33-31-42(36-51(43)61(50,3)4)39-29-27-38(28-30-39)41-32-34-53-49(35-41)57-48(22-15-26-55(57)66-53)60-63-58(45-19-11-10-18-44(45)40-16-8-7-9-17-40)62-59(64-60)47-21-14-25-54-56(47)46-20-12-13-24-52(46)65-54/h5-36H,1H2,2-4H3/b23-6-. The molecule has 0 spiro atoms. The van der Waals surface area contributed by atoms with Gasteiger partial charge in [-0.3, -0.25) is 0 Å². The number of allylic oxidation sites excluding steroid dienone is 5. The lowest BCUT2D eigenvalue weighted by Crippen LogP contribution is -2.16. The van der Waals surface area contributed by atoms with Gasteiger partial charge in [0.1, 0.15) is 22.3 Å². The van der Waals surface area contributed by atoms with E-state index in [0.717, 1.165) is 82.8 Å². The number of benzene rings is 8. The Labute approximate surface area is 382 Å². The number of hydrogen-bond acceptors (Lipinski definition) is 5. The molecule has 0 radical (unpaired) electrons. The van der Waals surface area contributed by atoms with E-state index in [-0.39, 0.29) is 5.41 Å². The van der Waals surface area contributed by atoms with Crippen molar-refractivity contribution >= 4 is 49.5 Å². The monoisotopic (exact) mass is 849 g/mol. The lowest BCUT2D eigenvalue weighted by atomic mass is 9.80. The fourth-order valence-electron chi connectivity index (χ4n) is 10.1. The van der Waals surface area contributed by atoms with Gasteiger partial charge >= 0.3 is 0 Å². The first-order valence-corrected chi connectivity index (χ1v) is 22.4. The van der Waals surface area contributed by atoms with Crippen LogP contribution in [-0.2, 0) is 5.41 Å². The van der Waals surface area contributed by atoms with E-state index in [1.165, 1.54) is 33.4 Å². The number of nitrogens with zero attached hydrogens (tertiary/aromatic N) is 3. The summed E-state index contributed by atoms with van der Waals surface area (Å²) in [4.78, 5) is 15.9. The maximum Gasteiger partial charge on any atom is 0.164 e. The van der Waals surface area contributed by atoms with Crippen LogP contribution in [0.1, 0.15) is 31.9 Å². The number of aromatic nitrogens is 3. The molecule has 0 saturated heterocycles. The summed E-state index contributed by atoms with van der Waals surface area (Å²) in [6, 6.07) is 61.2. The van der Waals surface area contributed by atoms with Crippen LogP contribution in [-0.4, -0.2) is 15.0 Å². The van der Waals surface area contributed by atoms with E-state index in [4.69, 9.17) is 23.8 Å². The van der Waals surface area contributed by atoms with Crippen molar-refractivity contribution in [1.82, 2.24) is 15.0 Å². The molecule has 0 aliphatic heterocycles. The van der Waals surface area contributed by atoms with Crippen LogP contribution in [0.3, 0.4) is 0 Å². The molecule has 11 aromatic rings. The van der Waals surface area contributed by atoms with Gasteiger partial charge in [0.25, 0.3) is 0 Å². The van der Waals surface area contributed by atoms with Gasteiger partial charge in [-0.05, 0) is 99.0 Å². The number of furan rings is 2. The third-order valence-corrected chi connectivity index (χ3v) is 13.4. The third kappa shape index (κ3) is 6.34. The maximum atomic E-state index is 6.58. The lowest BCUT2D eigenvalue weighted by molar-refractivity contribution is 0.654. The highest BCUT2D eigenvalue weighted by Gasteiger charge is 2.35. The van der Waals surface area contributed by atoms with Crippen molar-refractivity contribution in [2.24, 2.45) is 0 Å².